The van der Waals surface area contributed by atoms with Gasteiger partial charge in [-0.2, -0.15) is 0 Å². The average molecular weight is 447 g/mol. The third kappa shape index (κ3) is 8.05. The van der Waals surface area contributed by atoms with Gasteiger partial charge in [0.25, 0.3) is 0 Å². The van der Waals surface area contributed by atoms with E-state index in [0.717, 1.165) is 22.9 Å². The molecule has 162 valence electrons. The van der Waals surface area contributed by atoms with E-state index in [1.807, 2.05) is 36.4 Å². The minimum atomic E-state index is 0.00794. The van der Waals surface area contributed by atoms with Gasteiger partial charge in [0.15, 0.2) is 0 Å². The summed E-state index contributed by atoms with van der Waals surface area (Å²) >= 11 is 3.26. The van der Waals surface area contributed by atoms with Crippen molar-refractivity contribution < 1.29 is 14.3 Å². The molecular weight excluding hydrogens is 416 g/mol. The highest BCUT2D eigenvalue weighted by molar-refractivity contribution is 8.00. The summed E-state index contributed by atoms with van der Waals surface area (Å²) in [5.74, 6) is 2.11. The smallest absolute Gasteiger partial charge is 0.230 e. The number of carbonyl (C=O) groups is 1. The number of carbonyl (C=O) groups excluding carboxylic acids is 1. The highest BCUT2D eigenvalue weighted by Crippen LogP contribution is 2.24. The molecule has 30 heavy (non-hydrogen) atoms. The van der Waals surface area contributed by atoms with Crippen LogP contribution in [0, 0.1) is 0 Å². The molecule has 2 aromatic rings. The number of nitrogens with one attached hydrogen (secondary N) is 1. The maximum Gasteiger partial charge on any atom is 0.230 e. The second-order valence-electron chi connectivity index (χ2n) is 7.14. The number of methoxy groups -OCH3 is 1. The fraction of sp³-hybridized carbons (Fsp3) is 0.435. The van der Waals surface area contributed by atoms with Gasteiger partial charge in [-0.25, -0.2) is 0 Å². The van der Waals surface area contributed by atoms with E-state index >= 15 is 0 Å². The summed E-state index contributed by atoms with van der Waals surface area (Å²) in [4.78, 5) is 16.9. The van der Waals surface area contributed by atoms with Crippen LogP contribution in [0.15, 0.2) is 52.8 Å². The van der Waals surface area contributed by atoms with Crippen LogP contribution in [-0.2, 0) is 11.3 Å². The fourth-order valence-corrected chi connectivity index (χ4v) is 4.84. The second kappa shape index (κ2) is 12.7. The minimum absolute atomic E-state index is 0.00794. The van der Waals surface area contributed by atoms with Gasteiger partial charge in [0.1, 0.15) is 18.1 Å². The van der Waals surface area contributed by atoms with Crippen LogP contribution in [0.5, 0.6) is 11.5 Å². The van der Waals surface area contributed by atoms with Gasteiger partial charge in [-0.05, 0) is 56.3 Å². The van der Waals surface area contributed by atoms with E-state index in [1.54, 1.807) is 18.4 Å². The Morgan fingerprint density at radius 2 is 2.07 bits per heavy atom. The lowest BCUT2D eigenvalue weighted by Gasteiger charge is -2.25. The molecule has 1 aromatic carbocycles. The summed E-state index contributed by atoms with van der Waals surface area (Å²) in [6.45, 7) is 4.46. The van der Waals surface area contributed by atoms with Gasteiger partial charge in [0, 0.05) is 28.2 Å². The Hall–Kier alpha value is -1.96. The molecule has 0 aliphatic carbocycles. The number of thioether (sulfide) groups is 1. The van der Waals surface area contributed by atoms with Gasteiger partial charge in [-0.15, -0.1) is 23.1 Å². The van der Waals surface area contributed by atoms with Gasteiger partial charge in [-0.1, -0.05) is 18.6 Å². The average Bonchev–Trinajstić information content (AvgIpc) is 3.22. The van der Waals surface area contributed by atoms with Crippen molar-refractivity contribution >= 4 is 29.0 Å². The quantitative estimate of drug-likeness (QED) is 0.404. The number of piperidine rings is 1. The Balaban J connectivity index is 1.27. The molecule has 0 spiro atoms. The van der Waals surface area contributed by atoms with Crippen molar-refractivity contribution in [3.8, 4) is 11.5 Å². The maximum absolute atomic E-state index is 12.0. The van der Waals surface area contributed by atoms with E-state index in [4.69, 9.17) is 9.47 Å². The molecule has 1 N–H and O–H groups in total. The number of benzene rings is 1. The van der Waals surface area contributed by atoms with Crippen molar-refractivity contribution in [2.75, 3.05) is 39.1 Å². The summed E-state index contributed by atoms with van der Waals surface area (Å²) in [5, 5.41) is 4.97. The van der Waals surface area contributed by atoms with Gasteiger partial charge < -0.3 is 14.8 Å². The van der Waals surface area contributed by atoms with Crippen molar-refractivity contribution in [1.29, 1.82) is 0 Å². The Morgan fingerprint density at radius 1 is 1.20 bits per heavy atom. The molecule has 3 rings (SSSR count). The van der Waals surface area contributed by atoms with Crippen LogP contribution >= 0.6 is 23.1 Å². The lowest BCUT2D eigenvalue weighted by molar-refractivity contribution is -0.118. The monoisotopic (exact) mass is 446 g/mol. The molecule has 1 aliphatic heterocycles. The number of amides is 1. The molecule has 1 aliphatic rings. The molecule has 7 heteroatoms. The Morgan fingerprint density at radius 3 is 2.90 bits per heavy atom. The zero-order valence-electron chi connectivity index (χ0n) is 17.5. The van der Waals surface area contributed by atoms with E-state index in [0.29, 0.717) is 18.9 Å². The standard InChI is InChI=1S/C23H30N2O3S2/c1-27-19-8-7-9-21(14-19)30-18-23(26)24-10-3-6-13-28-20-15-22(29-17-20)16-25-11-4-2-5-12-25/h3,6-9,14-15,17H,2,4-5,10-13,16,18H2,1H3,(H,24,26). The van der Waals surface area contributed by atoms with Crippen LogP contribution in [0.4, 0.5) is 0 Å². The topological polar surface area (TPSA) is 50.8 Å². The third-order valence-corrected chi connectivity index (χ3v) is 6.69. The Bertz CT molecular complexity index is 816. The SMILES string of the molecule is COc1cccc(SCC(=O)NCC=CCOc2csc(CN3CCCCC3)c2)c1. The van der Waals surface area contributed by atoms with E-state index in [-0.39, 0.29) is 5.91 Å². The van der Waals surface area contributed by atoms with Gasteiger partial charge in [0.05, 0.1) is 12.9 Å². The van der Waals surface area contributed by atoms with Crippen molar-refractivity contribution in [1.82, 2.24) is 10.2 Å². The summed E-state index contributed by atoms with van der Waals surface area (Å²) < 4.78 is 11.0. The summed E-state index contributed by atoms with van der Waals surface area (Å²) in [5.41, 5.74) is 0. The van der Waals surface area contributed by atoms with Crippen LogP contribution in [0.2, 0.25) is 0 Å². The molecule has 0 saturated carbocycles. The fourth-order valence-electron chi connectivity index (χ4n) is 3.22. The zero-order valence-corrected chi connectivity index (χ0v) is 19.1. The van der Waals surface area contributed by atoms with E-state index in [9.17, 15) is 4.79 Å². The van der Waals surface area contributed by atoms with Gasteiger partial charge >= 0.3 is 0 Å². The highest BCUT2D eigenvalue weighted by Gasteiger charge is 2.11. The molecule has 1 saturated heterocycles. The molecule has 2 heterocycles. The Kier molecular flexibility index (Phi) is 9.60. The van der Waals surface area contributed by atoms with Gasteiger partial charge in [0.2, 0.25) is 5.91 Å². The van der Waals surface area contributed by atoms with Gasteiger partial charge in [-0.3, -0.25) is 9.69 Å². The summed E-state index contributed by atoms with van der Waals surface area (Å²) in [7, 11) is 1.64. The van der Waals surface area contributed by atoms with Crippen LogP contribution in [-0.4, -0.2) is 49.9 Å². The van der Waals surface area contributed by atoms with Crippen LogP contribution in [0.3, 0.4) is 0 Å². The Labute approximate surface area is 187 Å². The summed E-state index contributed by atoms with van der Waals surface area (Å²) in [6.07, 6.45) is 7.86. The molecule has 1 amide bonds. The number of hydrogen-bond donors (Lipinski definition) is 1. The van der Waals surface area contributed by atoms with Crippen LogP contribution in [0.1, 0.15) is 24.1 Å². The number of nitrogens with zero attached hydrogens (tertiary/aromatic N) is 1. The normalized spacial score (nSPS) is 14.7. The van der Waals surface area contributed by atoms with Crippen molar-refractivity contribution in [2.24, 2.45) is 0 Å². The van der Waals surface area contributed by atoms with Crippen molar-refractivity contribution in [3.05, 3.63) is 52.7 Å². The first-order chi connectivity index (χ1) is 14.7. The summed E-state index contributed by atoms with van der Waals surface area (Å²) in [6, 6.07) is 9.86. The molecule has 0 atom stereocenters. The largest absolute Gasteiger partial charge is 0.497 e. The van der Waals surface area contributed by atoms with E-state index in [2.05, 4.69) is 21.7 Å². The number of rotatable bonds is 11. The minimum Gasteiger partial charge on any atom is -0.497 e. The predicted molar refractivity (Wildman–Crippen MR) is 125 cm³/mol. The van der Waals surface area contributed by atoms with Crippen LogP contribution in [0.25, 0.3) is 0 Å². The number of hydrogen-bond acceptors (Lipinski definition) is 6. The maximum atomic E-state index is 12.0. The first-order valence-electron chi connectivity index (χ1n) is 10.3. The van der Waals surface area contributed by atoms with E-state index < -0.39 is 0 Å². The zero-order chi connectivity index (χ0) is 21.0. The molecule has 0 radical (unpaired) electrons. The number of thiophene rings is 1. The van der Waals surface area contributed by atoms with Crippen molar-refractivity contribution in [3.63, 3.8) is 0 Å². The third-order valence-electron chi connectivity index (χ3n) is 4.80. The predicted octanol–water partition coefficient (Wildman–Crippen LogP) is 4.59. The first kappa shape index (κ1) is 22.7. The molecule has 1 aromatic heterocycles. The lowest BCUT2D eigenvalue weighted by atomic mass is 10.1. The number of ether oxygens (including phenoxy) is 2. The highest BCUT2D eigenvalue weighted by atomic mass is 32.2. The molecule has 0 unspecified atom stereocenters. The number of likely N-dealkylation sites (tertiary alicyclic amines) is 1. The van der Waals surface area contributed by atoms with E-state index in [1.165, 1.54) is 49.0 Å². The molecule has 1 fully saturated rings. The molecule has 5 nitrogen and oxygen atoms in total. The molecular formula is C23H30N2O3S2. The first-order valence-corrected chi connectivity index (χ1v) is 12.2. The lowest BCUT2D eigenvalue weighted by Crippen LogP contribution is -2.28. The van der Waals surface area contributed by atoms with Crippen LogP contribution < -0.4 is 14.8 Å². The second-order valence-corrected chi connectivity index (χ2v) is 9.18. The molecule has 0 bridgehead atoms. The van der Waals surface area contributed by atoms with Crippen molar-refractivity contribution in [2.45, 2.75) is 30.7 Å².